The van der Waals surface area contributed by atoms with Gasteiger partial charge in [0.1, 0.15) is 0 Å². The second-order valence-electron chi connectivity index (χ2n) is 11.2. The van der Waals surface area contributed by atoms with Gasteiger partial charge < -0.3 is 5.11 Å². The van der Waals surface area contributed by atoms with E-state index in [4.69, 9.17) is 9.90 Å². The van der Waals surface area contributed by atoms with Crippen LogP contribution in [0.3, 0.4) is 0 Å². The third-order valence-corrected chi connectivity index (χ3v) is 17.0. The van der Waals surface area contributed by atoms with Crippen LogP contribution in [-0.4, -0.2) is 23.4 Å². The average Bonchev–Trinajstić information content (AvgIpc) is 3.62. The van der Waals surface area contributed by atoms with Crippen LogP contribution in [-0.2, 0) is 21.3 Å². The fourth-order valence-electron chi connectivity index (χ4n) is 7.14. The number of benzene rings is 4. The van der Waals surface area contributed by atoms with Crippen molar-refractivity contribution in [3.63, 3.8) is 0 Å². The molecule has 2 saturated heterocycles. The minimum absolute atomic E-state index is 0. The third kappa shape index (κ3) is 8.17. The predicted molar refractivity (Wildman–Crippen MR) is 176 cm³/mol. The molecule has 4 atom stereocenters. The van der Waals surface area contributed by atoms with Gasteiger partial charge in [0, 0.05) is 22.8 Å². The molecule has 4 aromatic carbocycles. The van der Waals surface area contributed by atoms with E-state index < -0.39 is 21.8 Å². The summed E-state index contributed by atoms with van der Waals surface area (Å²) in [5.41, 5.74) is 9.57. The second-order valence-corrected chi connectivity index (χ2v) is 17.3. The van der Waals surface area contributed by atoms with Crippen molar-refractivity contribution in [1.82, 2.24) is 0 Å². The zero-order valence-corrected chi connectivity index (χ0v) is 26.8. The van der Waals surface area contributed by atoms with Gasteiger partial charge in [0.2, 0.25) is 0 Å². The number of carbonyl (C=O) groups is 1. The first-order chi connectivity index (χ1) is 19.6. The molecule has 0 spiro atoms. The summed E-state index contributed by atoms with van der Waals surface area (Å²) in [6.07, 6.45) is 8.39. The number of rotatable bonds is 7. The van der Waals surface area contributed by atoms with Crippen LogP contribution in [0, 0.1) is 0 Å². The van der Waals surface area contributed by atoms with Gasteiger partial charge in [-0.05, 0) is 47.9 Å². The molecule has 2 nitrogen and oxygen atoms in total. The number of hydrogen-bond acceptors (Lipinski definition) is 1. The molecule has 1 N–H and O–H groups in total. The van der Waals surface area contributed by atoms with Crippen LogP contribution in [0.2, 0.25) is 0 Å². The van der Waals surface area contributed by atoms with Crippen LogP contribution in [0.15, 0.2) is 121 Å². The van der Waals surface area contributed by atoms with Gasteiger partial charge in [-0.2, -0.15) is 0 Å². The van der Waals surface area contributed by atoms with Crippen molar-refractivity contribution in [2.24, 2.45) is 0 Å². The van der Waals surface area contributed by atoms with Crippen LogP contribution in [0.5, 0.6) is 0 Å². The molecule has 6 rings (SSSR count). The number of carboxylic acids is 1. The molecular weight excluding hydrogens is 585 g/mol. The van der Waals surface area contributed by atoms with E-state index in [1.165, 1.54) is 38.0 Å². The zero-order chi connectivity index (χ0) is 27.7. The maximum Gasteiger partial charge on any atom is 0.0931 e. The minimum atomic E-state index is -0.833. The Bertz CT molecular complexity index is 1120. The predicted octanol–water partition coefficient (Wildman–Crippen LogP) is 9.79. The van der Waals surface area contributed by atoms with E-state index >= 15 is 0 Å². The SMILES string of the molecule is CC(=O)O.[NiH].c1ccc([C@@H]2CC[C@@H](c3ccccc3)[PH+]2CC[PH+]2[C@H](c3ccccc3)CC[C@H]2c2ccccc2)cc1. The monoisotopic (exact) mass is 627 g/mol. The molecule has 2 fully saturated rings. The van der Waals surface area contributed by atoms with E-state index in [-0.39, 0.29) is 16.5 Å². The number of carboxylic acid groups (broad SMARTS) is 1. The van der Waals surface area contributed by atoms with Crippen molar-refractivity contribution in [3.05, 3.63) is 144 Å². The minimum Gasteiger partial charge on any atom is -0.0622 e. The van der Waals surface area contributed by atoms with Gasteiger partial charge in [-0.25, -0.2) is 0 Å². The summed E-state index contributed by atoms with van der Waals surface area (Å²) in [7, 11) is -1.13. The van der Waals surface area contributed by atoms with E-state index in [2.05, 4.69) is 121 Å². The quantitative estimate of drug-likeness (QED) is 0.164. The molecule has 0 radical (unpaired) electrons. The van der Waals surface area contributed by atoms with Crippen molar-refractivity contribution in [1.29, 1.82) is 0 Å². The Labute approximate surface area is 258 Å². The Hall–Kier alpha value is -2.30. The van der Waals surface area contributed by atoms with E-state index in [1.807, 2.05) is 0 Å². The molecule has 0 aliphatic carbocycles. The van der Waals surface area contributed by atoms with Gasteiger partial charge in [0.25, 0.3) is 5.97 Å². The Morgan fingerprint density at radius 3 is 0.927 bits per heavy atom. The summed E-state index contributed by atoms with van der Waals surface area (Å²) in [5.74, 6) is -0.833. The fraction of sp³-hybridized carbons (Fsp3) is 0.306. The van der Waals surface area contributed by atoms with Gasteiger partial charge in [0.15, 0.2) is 0 Å². The summed E-state index contributed by atoms with van der Waals surface area (Å²) in [4.78, 5) is 9.00. The largest absolute Gasteiger partial charge is 0.0931 e. The molecular formula is C36H43NiO2P2+2. The molecule has 2 aliphatic rings. The Morgan fingerprint density at radius 2 is 0.732 bits per heavy atom. The van der Waals surface area contributed by atoms with Gasteiger partial charge >= 0.3 is 16.5 Å². The number of aliphatic carboxylic acids is 1. The van der Waals surface area contributed by atoms with Crippen LogP contribution >= 0.6 is 15.8 Å². The first-order valence-corrected chi connectivity index (χ1v) is 18.4. The molecule has 0 unspecified atom stereocenters. The molecule has 0 saturated carbocycles. The van der Waals surface area contributed by atoms with Crippen LogP contribution in [0.25, 0.3) is 0 Å². The molecule has 2 heterocycles. The Balaban J connectivity index is 0.000000729. The van der Waals surface area contributed by atoms with E-state index in [0.717, 1.165) is 29.6 Å². The van der Waals surface area contributed by atoms with Crippen LogP contribution in [0.1, 0.15) is 77.5 Å². The van der Waals surface area contributed by atoms with Crippen molar-refractivity contribution in [2.45, 2.75) is 55.2 Å². The fourth-order valence-corrected chi connectivity index (χ4v) is 16.5. The maximum atomic E-state index is 9.00. The first-order valence-electron chi connectivity index (χ1n) is 14.7. The topological polar surface area (TPSA) is 37.3 Å². The van der Waals surface area contributed by atoms with Gasteiger partial charge in [0.05, 0.1) is 35.0 Å². The van der Waals surface area contributed by atoms with Gasteiger partial charge in [-0.15, -0.1) is 0 Å². The second kappa shape index (κ2) is 15.8. The normalized spacial score (nSPS) is 22.4. The summed E-state index contributed by atoms with van der Waals surface area (Å²) < 4.78 is 0. The molecule has 0 amide bonds. The van der Waals surface area contributed by atoms with Gasteiger partial charge in [-0.1, -0.05) is 121 Å². The van der Waals surface area contributed by atoms with Crippen molar-refractivity contribution in [3.8, 4) is 0 Å². The number of hydrogen-bond donors (Lipinski definition) is 1. The molecule has 0 bridgehead atoms. The summed E-state index contributed by atoms with van der Waals surface area (Å²) >= 11 is 0. The van der Waals surface area contributed by atoms with Gasteiger partial charge in [-0.3, -0.25) is 4.79 Å². The zero-order valence-electron chi connectivity index (χ0n) is 23.8. The molecule has 2 aliphatic heterocycles. The summed E-state index contributed by atoms with van der Waals surface area (Å²) in [6.45, 7) is 1.08. The van der Waals surface area contributed by atoms with Crippen molar-refractivity contribution < 1.29 is 26.4 Å². The molecule has 217 valence electrons. The molecule has 41 heavy (non-hydrogen) atoms. The van der Waals surface area contributed by atoms with Crippen molar-refractivity contribution in [2.75, 3.05) is 12.3 Å². The first kappa shape index (κ1) is 31.6. The maximum absolute atomic E-state index is 9.00. The third-order valence-electron chi connectivity index (χ3n) is 8.79. The van der Waals surface area contributed by atoms with Crippen LogP contribution < -0.4 is 0 Å². The molecule has 4 aromatic rings. The van der Waals surface area contributed by atoms with E-state index in [0.29, 0.717) is 0 Å². The molecule has 5 heteroatoms. The van der Waals surface area contributed by atoms with Crippen molar-refractivity contribution >= 4 is 21.8 Å². The summed E-state index contributed by atoms with van der Waals surface area (Å²) in [5, 5.41) is 7.42. The van der Waals surface area contributed by atoms with Crippen LogP contribution in [0.4, 0.5) is 0 Å². The van der Waals surface area contributed by atoms with E-state index in [1.54, 1.807) is 22.3 Å². The molecule has 0 aromatic heterocycles. The Kier molecular flexibility index (Phi) is 12.2. The van der Waals surface area contributed by atoms with E-state index in [9.17, 15) is 0 Å². The standard InChI is InChI=1S/C34H36P2.C2H4O2.Ni.H/c1-5-13-27(14-6-1)31-21-22-32(28-15-7-2-8-16-28)35(31)25-26-36-33(29-17-9-3-10-18-29)23-24-34(36)30-19-11-4-12-20-30;1-2(3)4;;/h1-20,31-34H,21-26H2;1H3,(H,3,4);;/p+2/t31-,32-,33-,34-;;;/m0.../s1. The summed E-state index contributed by atoms with van der Waals surface area (Å²) in [6, 6.07) is 46.0. The average molecular weight is 628 g/mol. The Morgan fingerprint density at radius 1 is 0.537 bits per heavy atom. The smallest absolute Gasteiger partial charge is 0.0622 e.